The molecule has 0 amide bonds. The summed E-state index contributed by atoms with van der Waals surface area (Å²) in [4.78, 5) is 0. The maximum atomic E-state index is 3.53. The second-order valence-electron chi connectivity index (χ2n) is 0.914. The third-order valence-corrected chi connectivity index (χ3v) is 0.483. The topological polar surface area (TPSA) is 25.8 Å². The summed E-state index contributed by atoms with van der Waals surface area (Å²) in [5.74, 6) is 0. The standard InChI is InChI=1S/C4H4N2.Li/c1-2-4-6-5-3-1;/h1-4H;. The molecular weight excluding hydrogens is 83.0 g/mol. The quantitative estimate of drug-likeness (QED) is 0.419. The SMILES string of the molecule is [Li].c1ccnnc1. The molecule has 0 aliphatic carbocycles. The van der Waals surface area contributed by atoms with Gasteiger partial charge >= 0.3 is 0 Å². The van der Waals surface area contributed by atoms with Gasteiger partial charge < -0.3 is 0 Å². The first-order valence-electron chi connectivity index (χ1n) is 1.72. The van der Waals surface area contributed by atoms with Crippen LogP contribution in [0.25, 0.3) is 0 Å². The van der Waals surface area contributed by atoms with E-state index in [1.165, 1.54) is 0 Å². The van der Waals surface area contributed by atoms with Crippen molar-refractivity contribution in [1.82, 2.24) is 10.2 Å². The summed E-state index contributed by atoms with van der Waals surface area (Å²) in [6.07, 6.45) is 3.28. The molecule has 7 heavy (non-hydrogen) atoms. The molecule has 2 nitrogen and oxygen atoms in total. The van der Waals surface area contributed by atoms with Crippen molar-refractivity contribution in [3.63, 3.8) is 0 Å². The molecule has 0 bridgehead atoms. The Bertz CT molecular complexity index is 81.6. The van der Waals surface area contributed by atoms with Crippen LogP contribution in [-0.2, 0) is 0 Å². The smallest absolute Gasteiger partial charge is 0.0496 e. The maximum absolute atomic E-state index is 3.53. The van der Waals surface area contributed by atoms with E-state index in [1.54, 1.807) is 12.4 Å². The molecule has 0 N–H and O–H groups in total. The van der Waals surface area contributed by atoms with Crippen molar-refractivity contribution in [3.8, 4) is 0 Å². The normalized spacial score (nSPS) is 6.86. The largest absolute Gasteiger partial charge is 0.159 e. The zero-order chi connectivity index (χ0) is 4.24. The fourth-order valence-electron chi connectivity index (χ4n) is 0.253. The van der Waals surface area contributed by atoms with Crippen molar-refractivity contribution in [2.75, 3.05) is 0 Å². The van der Waals surface area contributed by atoms with Crippen LogP contribution >= 0.6 is 0 Å². The minimum Gasteiger partial charge on any atom is -0.159 e. The predicted molar refractivity (Wildman–Crippen MR) is 27.8 cm³/mol. The van der Waals surface area contributed by atoms with Crippen LogP contribution in [0.15, 0.2) is 24.5 Å². The van der Waals surface area contributed by atoms with Crippen molar-refractivity contribution in [3.05, 3.63) is 24.5 Å². The van der Waals surface area contributed by atoms with Gasteiger partial charge in [0.2, 0.25) is 0 Å². The van der Waals surface area contributed by atoms with Gasteiger partial charge in [-0.2, -0.15) is 10.2 Å². The number of rotatable bonds is 0. The Kier molecular flexibility index (Phi) is 3.68. The molecular formula is C4H4LiN2. The molecule has 0 saturated carbocycles. The van der Waals surface area contributed by atoms with E-state index < -0.39 is 0 Å². The van der Waals surface area contributed by atoms with Gasteiger partial charge in [-0.15, -0.1) is 0 Å². The molecule has 1 heterocycles. The predicted octanol–water partition coefficient (Wildman–Crippen LogP) is 0.0958. The molecule has 1 radical (unpaired) electrons. The van der Waals surface area contributed by atoms with E-state index in [-0.39, 0.29) is 18.9 Å². The Balaban J connectivity index is 0.000000360. The van der Waals surface area contributed by atoms with Crippen LogP contribution in [0.5, 0.6) is 0 Å². The van der Waals surface area contributed by atoms with Gasteiger partial charge in [0, 0.05) is 31.3 Å². The van der Waals surface area contributed by atoms with E-state index in [9.17, 15) is 0 Å². The molecule has 1 aromatic heterocycles. The van der Waals surface area contributed by atoms with Gasteiger partial charge in [0.15, 0.2) is 0 Å². The van der Waals surface area contributed by atoms with Gasteiger partial charge in [0.05, 0.1) is 0 Å². The Morgan fingerprint density at radius 1 is 0.857 bits per heavy atom. The second kappa shape index (κ2) is 3.85. The van der Waals surface area contributed by atoms with E-state index in [4.69, 9.17) is 0 Å². The van der Waals surface area contributed by atoms with E-state index >= 15 is 0 Å². The van der Waals surface area contributed by atoms with Crippen molar-refractivity contribution in [2.24, 2.45) is 0 Å². The monoisotopic (exact) mass is 87.1 g/mol. The summed E-state index contributed by atoms with van der Waals surface area (Å²) in [5, 5.41) is 7.07. The summed E-state index contributed by atoms with van der Waals surface area (Å²) in [5.41, 5.74) is 0. The third kappa shape index (κ3) is 2.38. The van der Waals surface area contributed by atoms with Crippen LogP contribution in [0.1, 0.15) is 0 Å². The molecule has 0 unspecified atom stereocenters. The zero-order valence-electron chi connectivity index (χ0n) is 4.20. The van der Waals surface area contributed by atoms with Crippen molar-refractivity contribution in [1.29, 1.82) is 0 Å². The van der Waals surface area contributed by atoms with Crippen LogP contribution in [-0.4, -0.2) is 29.1 Å². The summed E-state index contributed by atoms with van der Waals surface area (Å²) in [6, 6.07) is 3.65. The second-order valence-corrected chi connectivity index (χ2v) is 0.914. The van der Waals surface area contributed by atoms with Gasteiger partial charge in [-0.1, -0.05) is 0 Å². The van der Waals surface area contributed by atoms with E-state index in [0.29, 0.717) is 0 Å². The average Bonchev–Trinajstić information content (AvgIpc) is 1.72. The summed E-state index contributed by atoms with van der Waals surface area (Å²) in [6.45, 7) is 0. The fourth-order valence-corrected chi connectivity index (χ4v) is 0.253. The van der Waals surface area contributed by atoms with Crippen LogP contribution < -0.4 is 0 Å². The number of nitrogens with zero attached hydrogens (tertiary/aromatic N) is 2. The summed E-state index contributed by atoms with van der Waals surface area (Å²) < 4.78 is 0. The maximum Gasteiger partial charge on any atom is 0.0496 e. The van der Waals surface area contributed by atoms with Gasteiger partial charge in [0.1, 0.15) is 0 Å². The zero-order valence-corrected chi connectivity index (χ0v) is 4.20. The minimum absolute atomic E-state index is 0. The van der Waals surface area contributed by atoms with Gasteiger partial charge in [-0.3, -0.25) is 0 Å². The Labute approximate surface area is 54.1 Å². The first-order valence-corrected chi connectivity index (χ1v) is 1.72. The molecule has 1 rings (SSSR count). The van der Waals surface area contributed by atoms with Gasteiger partial charge in [-0.25, -0.2) is 0 Å². The third-order valence-electron chi connectivity index (χ3n) is 0.483. The summed E-state index contributed by atoms with van der Waals surface area (Å²) >= 11 is 0. The molecule has 0 aliphatic heterocycles. The van der Waals surface area contributed by atoms with Crippen LogP contribution in [0.2, 0.25) is 0 Å². The molecule has 0 fully saturated rings. The van der Waals surface area contributed by atoms with Crippen molar-refractivity contribution >= 4 is 18.9 Å². The average molecular weight is 87.0 g/mol. The molecule has 0 saturated heterocycles. The van der Waals surface area contributed by atoms with E-state index in [1.807, 2.05) is 12.1 Å². The molecule has 31 valence electrons. The molecule has 0 aromatic carbocycles. The fraction of sp³-hybridized carbons (Fsp3) is 0. The number of aromatic nitrogens is 2. The number of hydrogen-bond donors (Lipinski definition) is 0. The Morgan fingerprint density at radius 2 is 1.29 bits per heavy atom. The molecule has 0 atom stereocenters. The first kappa shape index (κ1) is 6.68. The van der Waals surface area contributed by atoms with Crippen LogP contribution in [0.3, 0.4) is 0 Å². The van der Waals surface area contributed by atoms with Crippen LogP contribution in [0.4, 0.5) is 0 Å². The Morgan fingerprint density at radius 3 is 1.43 bits per heavy atom. The van der Waals surface area contributed by atoms with Crippen LogP contribution in [0, 0.1) is 0 Å². The molecule has 3 heteroatoms. The van der Waals surface area contributed by atoms with Gasteiger partial charge in [0.25, 0.3) is 0 Å². The summed E-state index contributed by atoms with van der Waals surface area (Å²) in [7, 11) is 0. The van der Waals surface area contributed by atoms with Crippen molar-refractivity contribution < 1.29 is 0 Å². The minimum atomic E-state index is 0. The molecule has 0 spiro atoms. The number of hydrogen-bond acceptors (Lipinski definition) is 2. The van der Waals surface area contributed by atoms with E-state index in [2.05, 4.69) is 10.2 Å². The van der Waals surface area contributed by atoms with Gasteiger partial charge in [-0.05, 0) is 12.1 Å². The Hall–Kier alpha value is -0.323. The van der Waals surface area contributed by atoms with E-state index in [0.717, 1.165) is 0 Å². The first-order chi connectivity index (χ1) is 3.00. The van der Waals surface area contributed by atoms with Crippen molar-refractivity contribution in [2.45, 2.75) is 0 Å². The molecule has 1 aromatic rings. The molecule has 0 aliphatic rings.